The Morgan fingerprint density at radius 1 is 1.33 bits per heavy atom. The van der Waals surface area contributed by atoms with Crippen molar-refractivity contribution in [1.29, 1.82) is 0 Å². The first-order valence-electron chi connectivity index (χ1n) is 7.29. The smallest absolute Gasteiger partial charge is 0.246 e. The van der Waals surface area contributed by atoms with E-state index in [2.05, 4.69) is 10.2 Å². The maximum atomic E-state index is 13.5. The van der Waals surface area contributed by atoms with Crippen molar-refractivity contribution >= 4 is 10.0 Å². The van der Waals surface area contributed by atoms with Gasteiger partial charge < -0.3 is 9.47 Å². The molecular formula is C15H16FN3O4S. The van der Waals surface area contributed by atoms with E-state index in [1.54, 1.807) is 12.1 Å². The molecule has 9 heteroatoms. The monoisotopic (exact) mass is 353 g/mol. The highest BCUT2D eigenvalue weighted by molar-refractivity contribution is 7.89. The van der Waals surface area contributed by atoms with Gasteiger partial charge in [0.2, 0.25) is 15.9 Å². The van der Waals surface area contributed by atoms with Gasteiger partial charge in [-0.2, -0.15) is 9.40 Å². The van der Waals surface area contributed by atoms with Gasteiger partial charge in [-0.1, -0.05) is 0 Å². The quantitative estimate of drug-likeness (QED) is 0.810. The van der Waals surface area contributed by atoms with Crippen LogP contribution < -0.4 is 9.47 Å². The summed E-state index contributed by atoms with van der Waals surface area (Å²) in [6, 6.07) is 6.75. The summed E-state index contributed by atoms with van der Waals surface area (Å²) < 4.78 is 50.9. The highest BCUT2D eigenvalue weighted by Crippen LogP contribution is 2.30. The molecule has 128 valence electrons. The van der Waals surface area contributed by atoms with Gasteiger partial charge in [0.25, 0.3) is 0 Å². The third-order valence-electron chi connectivity index (χ3n) is 3.69. The van der Waals surface area contributed by atoms with Gasteiger partial charge in [-0.3, -0.25) is 0 Å². The molecule has 3 rings (SSSR count). The van der Waals surface area contributed by atoms with Crippen LogP contribution in [0, 0.1) is 5.82 Å². The van der Waals surface area contributed by atoms with Crippen molar-refractivity contribution < 1.29 is 22.3 Å². The number of hydrogen-bond donors (Lipinski definition) is 0. The molecular weight excluding hydrogens is 337 g/mol. The van der Waals surface area contributed by atoms with Crippen molar-refractivity contribution in [1.82, 2.24) is 14.5 Å². The van der Waals surface area contributed by atoms with E-state index in [9.17, 15) is 12.8 Å². The Morgan fingerprint density at radius 3 is 2.88 bits per heavy atom. The molecule has 0 spiro atoms. The minimum absolute atomic E-state index is 0.106. The fraction of sp³-hybridized carbons (Fsp3) is 0.333. The van der Waals surface area contributed by atoms with Gasteiger partial charge in [-0.25, -0.2) is 12.8 Å². The molecule has 0 aliphatic carbocycles. The molecule has 2 heterocycles. The number of benzene rings is 1. The number of nitrogens with zero attached hydrogens (tertiary/aromatic N) is 3. The van der Waals surface area contributed by atoms with E-state index >= 15 is 0 Å². The molecule has 0 radical (unpaired) electrons. The van der Waals surface area contributed by atoms with Gasteiger partial charge in [0, 0.05) is 18.8 Å². The zero-order chi connectivity index (χ0) is 17.2. The normalized spacial score (nSPS) is 18.5. The van der Waals surface area contributed by atoms with Gasteiger partial charge >= 0.3 is 0 Å². The Balaban J connectivity index is 1.78. The van der Waals surface area contributed by atoms with Crippen molar-refractivity contribution in [3.63, 3.8) is 0 Å². The fourth-order valence-electron chi connectivity index (χ4n) is 2.52. The molecule has 1 saturated heterocycles. The second kappa shape index (κ2) is 6.70. The van der Waals surface area contributed by atoms with Crippen LogP contribution in [-0.2, 0) is 10.0 Å². The standard InChI is InChI=1S/C15H16FN3O4S/c1-22-13-5-4-11(16)9-14(13)24(20,21)19-8-6-12(10-19)23-15-3-2-7-17-18-15/h2-5,7,9,12H,6,8,10H2,1H3. The first-order chi connectivity index (χ1) is 11.5. The lowest BCUT2D eigenvalue weighted by Gasteiger charge is -2.18. The number of rotatable bonds is 5. The minimum Gasteiger partial charge on any atom is -0.495 e. The highest BCUT2D eigenvalue weighted by atomic mass is 32.2. The largest absolute Gasteiger partial charge is 0.495 e. The summed E-state index contributed by atoms with van der Waals surface area (Å²) in [5, 5.41) is 7.53. The van der Waals surface area contributed by atoms with Crippen LogP contribution >= 0.6 is 0 Å². The highest BCUT2D eigenvalue weighted by Gasteiger charge is 2.35. The molecule has 2 aromatic rings. The molecule has 24 heavy (non-hydrogen) atoms. The van der Waals surface area contributed by atoms with Crippen LogP contribution in [0.1, 0.15) is 6.42 Å². The van der Waals surface area contributed by atoms with Crippen LogP contribution in [0.5, 0.6) is 11.6 Å². The lowest BCUT2D eigenvalue weighted by molar-refractivity contribution is 0.204. The van der Waals surface area contributed by atoms with Crippen molar-refractivity contribution in [2.75, 3.05) is 20.2 Å². The van der Waals surface area contributed by atoms with Gasteiger partial charge in [0.05, 0.1) is 13.7 Å². The number of hydrogen-bond acceptors (Lipinski definition) is 6. The fourth-order valence-corrected chi connectivity index (χ4v) is 4.18. The summed E-state index contributed by atoms with van der Waals surface area (Å²) >= 11 is 0. The van der Waals surface area contributed by atoms with Crippen molar-refractivity contribution in [3.8, 4) is 11.6 Å². The predicted molar refractivity (Wildman–Crippen MR) is 82.8 cm³/mol. The second-order valence-electron chi connectivity index (χ2n) is 5.25. The molecule has 1 unspecified atom stereocenters. The molecule has 1 atom stereocenters. The number of aromatic nitrogens is 2. The van der Waals surface area contributed by atoms with Crippen LogP contribution in [0.25, 0.3) is 0 Å². The summed E-state index contributed by atoms with van der Waals surface area (Å²) in [6.45, 7) is 0.422. The van der Waals surface area contributed by atoms with Gasteiger partial charge in [0.1, 0.15) is 22.6 Å². The first kappa shape index (κ1) is 16.6. The predicted octanol–water partition coefficient (Wildman–Crippen LogP) is 1.47. The lowest BCUT2D eigenvalue weighted by atomic mass is 10.3. The molecule has 1 aliphatic heterocycles. The molecule has 0 saturated carbocycles. The number of halogens is 1. The molecule has 0 bridgehead atoms. The maximum absolute atomic E-state index is 13.5. The van der Waals surface area contributed by atoms with Crippen LogP contribution in [0.3, 0.4) is 0 Å². The summed E-state index contributed by atoms with van der Waals surface area (Å²) in [5.41, 5.74) is 0. The van der Waals surface area contributed by atoms with E-state index in [-0.39, 0.29) is 29.8 Å². The number of methoxy groups -OCH3 is 1. The van der Waals surface area contributed by atoms with E-state index in [0.29, 0.717) is 12.3 Å². The second-order valence-corrected chi connectivity index (χ2v) is 7.16. The average Bonchev–Trinajstić information content (AvgIpc) is 3.05. The van der Waals surface area contributed by atoms with E-state index in [4.69, 9.17) is 9.47 Å². The van der Waals surface area contributed by atoms with E-state index in [1.807, 2.05) is 0 Å². The van der Waals surface area contributed by atoms with Crippen LogP contribution in [0.2, 0.25) is 0 Å². The van der Waals surface area contributed by atoms with Crippen LogP contribution in [0.15, 0.2) is 41.4 Å². The Labute approximate surface area is 139 Å². The molecule has 1 aromatic carbocycles. The molecule has 0 amide bonds. The topological polar surface area (TPSA) is 81.6 Å². The number of sulfonamides is 1. The zero-order valence-electron chi connectivity index (χ0n) is 12.9. The molecule has 1 aliphatic rings. The summed E-state index contributed by atoms with van der Waals surface area (Å²) in [5.74, 6) is -0.194. The van der Waals surface area contributed by atoms with Crippen LogP contribution in [0.4, 0.5) is 4.39 Å². The number of ether oxygens (including phenoxy) is 2. The van der Waals surface area contributed by atoms with E-state index < -0.39 is 15.8 Å². The summed E-state index contributed by atoms with van der Waals surface area (Å²) in [4.78, 5) is -0.190. The zero-order valence-corrected chi connectivity index (χ0v) is 13.7. The van der Waals surface area contributed by atoms with Crippen molar-refractivity contribution in [3.05, 3.63) is 42.3 Å². The Bertz CT molecular complexity index is 817. The summed E-state index contributed by atoms with van der Waals surface area (Å²) in [6.07, 6.45) is 1.69. The van der Waals surface area contributed by atoms with E-state index in [0.717, 1.165) is 12.1 Å². The Morgan fingerprint density at radius 2 is 2.17 bits per heavy atom. The van der Waals surface area contributed by atoms with Crippen molar-refractivity contribution in [2.24, 2.45) is 0 Å². The lowest BCUT2D eigenvalue weighted by Crippen LogP contribution is -2.31. The van der Waals surface area contributed by atoms with Crippen LogP contribution in [-0.4, -0.2) is 49.2 Å². The first-order valence-corrected chi connectivity index (χ1v) is 8.73. The van der Waals surface area contributed by atoms with Gasteiger partial charge in [-0.05, 0) is 30.7 Å². The minimum atomic E-state index is -3.88. The molecule has 1 fully saturated rings. The van der Waals surface area contributed by atoms with Gasteiger partial charge in [-0.15, -0.1) is 5.10 Å². The third kappa shape index (κ3) is 3.31. The Kier molecular flexibility index (Phi) is 4.63. The Hall–Kier alpha value is -2.26. The SMILES string of the molecule is COc1ccc(F)cc1S(=O)(=O)N1CCC(Oc2cccnn2)C1. The molecule has 7 nitrogen and oxygen atoms in total. The molecule has 1 aromatic heterocycles. The van der Waals surface area contributed by atoms with Gasteiger partial charge in [0.15, 0.2) is 0 Å². The summed E-state index contributed by atoms with van der Waals surface area (Å²) in [7, 11) is -2.53. The van der Waals surface area contributed by atoms with E-state index in [1.165, 1.54) is 23.7 Å². The van der Waals surface area contributed by atoms with Crippen molar-refractivity contribution in [2.45, 2.75) is 17.4 Å². The molecule has 0 N–H and O–H groups in total. The third-order valence-corrected chi connectivity index (χ3v) is 5.57. The average molecular weight is 353 g/mol. The maximum Gasteiger partial charge on any atom is 0.246 e.